The lowest BCUT2D eigenvalue weighted by Crippen LogP contribution is -2.23. The van der Waals surface area contributed by atoms with Gasteiger partial charge in [0.1, 0.15) is 11.6 Å². The van der Waals surface area contributed by atoms with Crippen molar-refractivity contribution in [1.29, 1.82) is 0 Å². The van der Waals surface area contributed by atoms with E-state index in [0.717, 1.165) is 25.7 Å². The first-order valence-corrected chi connectivity index (χ1v) is 10.8. The number of hydrogen-bond acceptors (Lipinski definition) is 7. The number of aromatic nitrogens is 2. The van der Waals surface area contributed by atoms with Gasteiger partial charge in [0, 0.05) is 35.5 Å². The first-order chi connectivity index (χ1) is 16.2. The Bertz CT molecular complexity index is 1150. The topological polar surface area (TPSA) is 102 Å². The van der Waals surface area contributed by atoms with Crippen LogP contribution in [0, 0.1) is 10.1 Å². The van der Waals surface area contributed by atoms with E-state index in [0.29, 0.717) is 28.7 Å². The van der Waals surface area contributed by atoms with Gasteiger partial charge in [-0.05, 0) is 37.1 Å². The summed E-state index contributed by atoms with van der Waals surface area (Å²) in [7, 11) is 0. The van der Waals surface area contributed by atoms with Gasteiger partial charge in [-0.15, -0.1) is 13.2 Å². The second kappa shape index (κ2) is 9.94. The molecule has 34 heavy (non-hydrogen) atoms. The van der Waals surface area contributed by atoms with Gasteiger partial charge in [0.15, 0.2) is 0 Å². The molecule has 0 atom stereocenters. The molecule has 2 aromatic carbocycles. The van der Waals surface area contributed by atoms with Gasteiger partial charge < -0.3 is 15.4 Å². The number of nitrogens with one attached hydrogen (secondary N) is 2. The lowest BCUT2D eigenvalue weighted by molar-refractivity contribution is -0.384. The number of nitrogens with zero attached hydrogens (tertiary/aromatic N) is 3. The summed E-state index contributed by atoms with van der Waals surface area (Å²) in [6.07, 6.45) is 0.532. The Kier molecular flexibility index (Phi) is 6.80. The van der Waals surface area contributed by atoms with Crippen LogP contribution in [0.2, 0.25) is 0 Å². The Morgan fingerprint density at radius 3 is 2.41 bits per heavy atom. The SMILES string of the molecule is O=[N+]([O-])c1ccc(Nc2cc(-c3cccc(OC(F)(F)F)c3)nc(NC3CCCCC3)n2)cc1. The Hall–Kier alpha value is -3.89. The van der Waals surface area contributed by atoms with E-state index in [4.69, 9.17) is 0 Å². The Balaban J connectivity index is 1.65. The fourth-order valence-corrected chi connectivity index (χ4v) is 3.82. The van der Waals surface area contributed by atoms with Crippen LogP contribution in [0.4, 0.5) is 36.3 Å². The second-order valence-corrected chi connectivity index (χ2v) is 7.95. The average Bonchev–Trinajstić information content (AvgIpc) is 2.79. The highest BCUT2D eigenvalue weighted by molar-refractivity contribution is 5.68. The summed E-state index contributed by atoms with van der Waals surface area (Å²) >= 11 is 0. The molecule has 1 saturated carbocycles. The van der Waals surface area contributed by atoms with Crippen LogP contribution >= 0.6 is 0 Å². The van der Waals surface area contributed by atoms with Gasteiger partial charge in [-0.25, -0.2) is 4.98 Å². The maximum Gasteiger partial charge on any atom is 0.573 e. The van der Waals surface area contributed by atoms with Gasteiger partial charge in [-0.2, -0.15) is 4.98 Å². The zero-order chi connectivity index (χ0) is 24.1. The van der Waals surface area contributed by atoms with Crippen LogP contribution in [0.1, 0.15) is 32.1 Å². The maximum atomic E-state index is 12.7. The third-order valence-corrected chi connectivity index (χ3v) is 5.38. The van der Waals surface area contributed by atoms with Gasteiger partial charge in [-0.3, -0.25) is 10.1 Å². The quantitative estimate of drug-likeness (QED) is 0.301. The van der Waals surface area contributed by atoms with Crippen LogP contribution in [-0.2, 0) is 0 Å². The average molecular weight is 473 g/mol. The van der Waals surface area contributed by atoms with Gasteiger partial charge in [0.05, 0.1) is 10.6 Å². The third-order valence-electron chi connectivity index (χ3n) is 5.38. The minimum atomic E-state index is -4.80. The predicted molar refractivity (Wildman–Crippen MR) is 121 cm³/mol. The Morgan fingerprint density at radius 1 is 1.00 bits per heavy atom. The van der Waals surface area contributed by atoms with Crippen LogP contribution < -0.4 is 15.4 Å². The molecule has 1 fully saturated rings. The van der Waals surface area contributed by atoms with Crippen LogP contribution in [0.5, 0.6) is 5.75 Å². The Morgan fingerprint density at radius 2 is 1.74 bits per heavy atom. The van der Waals surface area contributed by atoms with Gasteiger partial charge in [-0.1, -0.05) is 31.4 Å². The maximum absolute atomic E-state index is 12.7. The molecule has 0 aliphatic heterocycles. The number of non-ortho nitro benzene ring substituents is 1. The smallest absolute Gasteiger partial charge is 0.406 e. The largest absolute Gasteiger partial charge is 0.573 e. The van der Waals surface area contributed by atoms with E-state index in [9.17, 15) is 23.3 Å². The normalized spacial score (nSPS) is 14.4. The lowest BCUT2D eigenvalue weighted by atomic mass is 9.96. The number of alkyl halides is 3. The summed E-state index contributed by atoms with van der Waals surface area (Å²) in [6, 6.07) is 13.2. The molecule has 0 bridgehead atoms. The van der Waals surface area contributed by atoms with Crippen molar-refractivity contribution < 1.29 is 22.8 Å². The zero-order valence-electron chi connectivity index (χ0n) is 18.0. The monoisotopic (exact) mass is 473 g/mol. The van der Waals surface area contributed by atoms with Crippen molar-refractivity contribution in [2.75, 3.05) is 10.6 Å². The van der Waals surface area contributed by atoms with Crippen molar-refractivity contribution in [1.82, 2.24) is 9.97 Å². The Labute approximate surface area is 193 Å². The number of ether oxygens (including phenoxy) is 1. The summed E-state index contributed by atoms with van der Waals surface area (Å²) < 4.78 is 42.1. The number of hydrogen-bond donors (Lipinski definition) is 2. The molecule has 0 amide bonds. The number of anilines is 3. The van der Waals surface area contributed by atoms with Crippen LogP contribution in [0.15, 0.2) is 54.6 Å². The van der Waals surface area contributed by atoms with E-state index in [1.165, 1.54) is 36.8 Å². The van der Waals surface area contributed by atoms with Gasteiger partial charge >= 0.3 is 6.36 Å². The predicted octanol–water partition coefficient (Wildman–Crippen LogP) is 6.44. The zero-order valence-corrected chi connectivity index (χ0v) is 18.0. The molecule has 2 N–H and O–H groups in total. The molecule has 0 spiro atoms. The van der Waals surface area contributed by atoms with E-state index in [1.54, 1.807) is 24.3 Å². The summed E-state index contributed by atoms with van der Waals surface area (Å²) in [4.78, 5) is 19.4. The van der Waals surface area contributed by atoms with E-state index in [-0.39, 0.29) is 17.5 Å². The molecule has 1 aromatic heterocycles. The fraction of sp³-hybridized carbons (Fsp3) is 0.304. The van der Waals surface area contributed by atoms with Crippen molar-refractivity contribution >= 4 is 23.1 Å². The van der Waals surface area contributed by atoms with Crippen molar-refractivity contribution in [2.24, 2.45) is 0 Å². The number of nitro groups is 1. The molecule has 11 heteroatoms. The molecule has 178 valence electrons. The van der Waals surface area contributed by atoms with Crippen molar-refractivity contribution in [2.45, 2.75) is 44.5 Å². The highest BCUT2D eigenvalue weighted by atomic mass is 19.4. The molecule has 1 aliphatic rings. The molecule has 0 unspecified atom stereocenters. The summed E-state index contributed by atoms with van der Waals surface area (Å²) in [5.74, 6) is 0.380. The van der Waals surface area contributed by atoms with E-state index in [2.05, 4.69) is 25.3 Å². The first-order valence-electron chi connectivity index (χ1n) is 10.8. The molecule has 3 aromatic rings. The number of rotatable bonds is 7. The van der Waals surface area contributed by atoms with Crippen molar-refractivity contribution in [3.63, 3.8) is 0 Å². The molecule has 8 nitrogen and oxygen atoms in total. The first kappa shape index (κ1) is 23.3. The molecule has 4 rings (SSSR count). The standard InChI is InChI=1S/C23H22F3N5O3/c24-23(25,26)34-19-8-4-5-15(13-19)20-14-21(27-17-9-11-18(12-10-17)31(32)33)30-22(29-20)28-16-6-2-1-3-7-16/h4-5,8-14,16H,1-3,6-7H2,(H2,27,28,29,30). The number of halogens is 3. The summed E-state index contributed by atoms with van der Waals surface area (Å²) in [6.45, 7) is 0. The second-order valence-electron chi connectivity index (χ2n) is 7.95. The number of benzene rings is 2. The van der Waals surface area contributed by atoms with Crippen LogP contribution in [-0.4, -0.2) is 27.3 Å². The van der Waals surface area contributed by atoms with E-state index < -0.39 is 11.3 Å². The molecular formula is C23H22F3N5O3. The van der Waals surface area contributed by atoms with Crippen molar-refractivity contribution in [3.05, 3.63) is 64.7 Å². The van der Waals surface area contributed by atoms with Crippen molar-refractivity contribution in [3.8, 4) is 17.0 Å². The minimum Gasteiger partial charge on any atom is -0.406 e. The van der Waals surface area contributed by atoms with Crippen LogP contribution in [0.3, 0.4) is 0 Å². The van der Waals surface area contributed by atoms with E-state index >= 15 is 0 Å². The molecule has 0 saturated heterocycles. The summed E-state index contributed by atoms with van der Waals surface area (Å²) in [5.41, 5.74) is 1.33. The van der Waals surface area contributed by atoms with E-state index in [1.807, 2.05) is 0 Å². The fourth-order valence-electron chi connectivity index (χ4n) is 3.82. The van der Waals surface area contributed by atoms with Gasteiger partial charge in [0.2, 0.25) is 5.95 Å². The van der Waals surface area contributed by atoms with Crippen LogP contribution in [0.25, 0.3) is 11.3 Å². The lowest BCUT2D eigenvalue weighted by Gasteiger charge is -2.23. The third kappa shape index (κ3) is 6.33. The molecular weight excluding hydrogens is 451 g/mol. The highest BCUT2D eigenvalue weighted by Crippen LogP contribution is 2.30. The highest BCUT2D eigenvalue weighted by Gasteiger charge is 2.31. The molecule has 0 radical (unpaired) electrons. The molecule has 1 aliphatic carbocycles. The number of nitro benzene ring substituents is 1. The summed E-state index contributed by atoms with van der Waals surface area (Å²) in [5, 5.41) is 17.3. The minimum absolute atomic E-state index is 0.0462. The van der Waals surface area contributed by atoms with Gasteiger partial charge in [0.25, 0.3) is 5.69 Å². The molecule has 1 heterocycles.